The van der Waals surface area contributed by atoms with Crippen LogP contribution in [-0.4, -0.2) is 35.7 Å². The quantitative estimate of drug-likeness (QED) is 0.647. The van der Waals surface area contributed by atoms with Gasteiger partial charge in [0, 0.05) is 6.42 Å². The van der Waals surface area contributed by atoms with Crippen molar-refractivity contribution < 1.29 is 19.4 Å². The second kappa shape index (κ2) is 9.75. The lowest BCUT2D eigenvalue weighted by Crippen LogP contribution is -2.45. The van der Waals surface area contributed by atoms with E-state index < -0.39 is 12.0 Å². The molecule has 0 bridgehead atoms. The average molecular weight is 287 g/mol. The fourth-order valence-electron chi connectivity index (χ4n) is 2.01. The zero-order chi connectivity index (χ0) is 15.7. The normalized spacial score (nSPS) is 15.7. The fourth-order valence-corrected chi connectivity index (χ4v) is 2.01. The van der Waals surface area contributed by atoms with Gasteiger partial charge in [-0.3, -0.25) is 4.79 Å². The number of carbonyl (C=O) groups excluding carboxylic acids is 1. The van der Waals surface area contributed by atoms with Crippen LogP contribution in [0, 0.1) is 11.8 Å². The third kappa shape index (κ3) is 8.15. The molecule has 0 aliphatic carbocycles. The van der Waals surface area contributed by atoms with Crippen LogP contribution in [0.1, 0.15) is 53.9 Å². The van der Waals surface area contributed by atoms with Gasteiger partial charge in [0.25, 0.3) is 0 Å². The number of carbonyl (C=O) groups is 2. The van der Waals surface area contributed by atoms with Crippen molar-refractivity contribution in [1.29, 1.82) is 0 Å². The molecular weight excluding hydrogens is 258 g/mol. The zero-order valence-corrected chi connectivity index (χ0v) is 13.3. The molecule has 0 saturated heterocycles. The van der Waals surface area contributed by atoms with Gasteiger partial charge in [0.2, 0.25) is 5.91 Å². The van der Waals surface area contributed by atoms with Crippen LogP contribution in [0.15, 0.2) is 0 Å². The zero-order valence-electron chi connectivity index (χ0n) is 13.3. The van der Waals surface area contributed by atoms with Crippen LogP contribution < -0.4 is 5.32 Å². The Balaban J connectivity index is 4.06. The lowest BCUT2D eigenvalue weighted by molar-refractivity contribution is -0.143. The molecule has 0 saturated carbocycles. The highest BCUT2D eigenvalue weighted by atomic mass is 16.5. The lowest BCUT2D eigenvalue weighted by atomic mass is 9.99. The summed E-state index contributed by atoms with van der Waals surface area (Å²) < 4.78 is 5.54. The van der Waals surface area contributed by atoms with E-state index in [1.54, 1.807) is 0 Å². The van der Waals surface area contributed by atoms with Gasteiger partial charge in [-0.15, -0.1) is 0 Å². The van der Waals surface area contributed by atoms with E-state index >= 15 is 0 Å². The summed E-state index contributed by atoms with van der Waals surface area (Å²) in [6.07, 6.45) is 1.97. The molecular formula is C15H29NO4. The second-order valence-corrected chi connectivity index (χ2v) is 5.83. The van der Waals surface area contributed by atoms with Crippen LogP contribution in [0.4, 0.5) is 0 Å². The monoisotopic (exact) mass is 287 g/mol. The summed E-state index contributed by atoms with van der Waals surface area (Å²) in [6, 6.07) is -0.819. The molecule has 0 fully saturated rings. The summed E-state index contributed by atoms with van der Waals surface area (Å²) in [4.78, 5) is 22.8. The smallest absolute Gasteiger partial charge is 0.326 e. The van der Waals surface area contributed by atoms with Gasteiger partial charge in [-0.2, -0.15) is 0 Å². The number of aliphatic carboxylic acids is 1. The molecule has 0 aromatic rings. The van der Waals surface area contributed by atoms with Crippen molar-refractivity contribution in [3.8, 4) is 0 Å². The Hall–Kier alpha value is -1.10. The third-order valence-electron chi connectivity index (χ3n) is 3.33. The van der Waals surface area contributed by atoms with E-state index in [9.17, 15) is 9.59 Å². The molecule has 1 amide bonds. The van der Waals surface area contributed by atoms with Crippen molar-refractivity contribution >= 4 is 11.9 Å². The maximum Gasteiger partial charge on any atom is 0.326 e. The average Bonchev–Trinajstić information content (AvgIpc) is 2.33. The van der Waals surface area contributed by atoms with Gasteiger partial charge in [-0.05, 0) is 25.2 Å². The first-order chi connectivity index (χ1) is 9.27. The summed E-state index contributed by atoms with van der Waals surface area (Å²) in [6.45, 7) is 10.3. The van der Waals surface area contributed by atoms with Crippen LogP contribution in [0.2, 0.25) is 0 Å². The minimum absolute atomic E-state index is 0.0859. The molecule has 0 radical (unpaired) electrons. The van der Waals surface area contributed by atoms with Crippen LogP contribution in [0.25, 0.3) is 0 Å². The molecule has 0 aliphatic heterocycles. The van der Waals surface area contributed by atoms with E-state index in [0.717, 1.165) is 6.42 Å². The van der Waals surface area contributed by atoms with Crippen molar-refractivity contribution in [1.82, 2.24) is 5.32 Å². The van der Waals surface area contributed by atoms with Crippen LogP contribution >= 0.6 is 0 Å². The second-order valence-electron chi connectivity index (χ2n) is 5.83. The van der Waals surface area contributed by atoms with Crippen LogP contribution in [-0.2, 0) is 14.3 Å². The lowest BCUT2D eigenvalue weighted by Gasteiger charge is -2.20. The van der Waals surface area contributed by atoms with Gasteiger partial charge in [0.1, 0.15) is 6.04 Å². The molecule has 0 rings (SSSR count). The van der Waals surface area contributed by atoms with Gasteiger partial charge < -0.3 is 15.2 Å². The Morgan fingerprint density at radius 2 is 1.80 bits per heavy atom. The van der Waals surface area contributed by atoms with Gasteiger partial charge >= 0.3 is 5.97 Å². The highest BCUT2D eigenvalue weighted by Gasteiger charge is 2.25. The van der Waals surface area contributed by atoms with E-state index in [4.69, 9.17) is 9.84 Å². The van der Waals surface area contributed by atoms with Gasteiger partial charge in [0.15, 0.2) is 0 Å². The standard InChI is InChI=1S/C15H29NO4/c1-6-11(4)14(15(18)19)16-13(17)7-8-20-12(5)9-10(2)3/h10-12,14H,6-9H2,1-5H3,(H,16,17)(H,18,19). The molecule has 2 N–H and O–H groups in total. The summed E-state index contributed by atoms with van der Waals surface area (Å²) >= 11 is 0. The van der Waals surface area contributed by atoms with E-state index in [-0.39, 0.29) is 24.3 Å². The molecule has 0 aromatic heterocycles. The highest BCUT2D eigenvalue weighted by Crippen LogP contribution is 2.09. The van der Waals surface area contributed by atoms with E-state index in [0.29, 0.717) is 18.9 Å². The number of carboxylic acids is 1. The molecule has 0 aromatic carbocycles. The van der Waals surface area contributed by atoms with Gasteiger partial charge in [0.05, 0.1) is 12.7 Å². The predicted molar refractivity (Wildman–Crippen MR) is 78.5 cm³/mol. The summed E-state index contributed by atoms with van der Waals surface area (Å²) in [5.74, 6) is -0.783. The molecule has 5 nitrogen and oxygen atoms in total. The van der Waals surface area contributed by atoms with Gasteiger partial charge in [-0.25, -0.2) is 4.79 Å². The number of amides is 1. The molecule has 3 unspecified atom stereocenters. The maximum atomic E-state index is 11.7. The number of nitrogens with one attached hydrogen (secondary N) is 1. The molecule has 3 atom stereocenters. The molecule has 0 heterocycles. The third-order valence-corrected chi connectivity index (χ3v) is 3.33. The summed E-state index contributed by atoms with van der Waals surface area (Å²) in [5.41, 5.74) is 0. The Bertz CT molecular complexity index is 304. The maximum absolute atomic E-state index is 11.7. The highest BCUT2D eigenvalue weighted by molar-refractivity contribution is 5.83. The minimum Gasteiger partial charge on any atom is -0.480 e. The Kier molecular flexibility index (Phi) is 9.21. The number of hydrogen-bond donors (Lipinski definition) is 2. The van der Waals surface area contributed by atoms with E-state index in [2.05, 4.69) is 19.2 Å². The topological polar surface area (TPSA) is 75.6 Å². The van der Waals surface area contributed by atoms with Crippen LogP contribution in [0.3, 0.4) is 0 Å². The largest absolute Gasteiger partial charge is 0.480 e. The minimum atomic E-state index is -0.984. The van der Waals surface area contributed by atoms with Crippen LogP contribution in [0.5, 0.6) is 0 Å². The van der Waals surface area contributed by atoms with Crippen molar-refractivity contribution in [2.75, 3.05) is 6.61 Å². The van der Waals surface area contributed by atoms with Crippen molar-refractivity contribution in [2.24, 2.45) is 11.8 Å². The Labute approximate surface area is 122 Å². The Morgan fingerprint density at radius 3 is 2.25 bits per heavy atom. The molecule has 20 heavy (non-hydrogen) atoms. The van der Waals surface area contributed by atoms with Crippen molar-refractivity contribution in [2.45, 2.75) is 66.0 Å². The molecule has 0 aliphatic rings. The Morgan fingerprint density at radius 1 is 1.20 bits per heavy atom. The van der Waals surface area contributed by atoms with Gasteiger partial charge in [-0.1, -0.05) is 34.1 Å². The molecule has 5 heteroatoms. The van der Waals surface area contributed by atoms with E-state index in [1.807, 2.05) is 20.8 Å². The van der Waals surface area contributed by atoms with Crippen molar-refractivity contribution in [3.05, 3.63) is 0 Å². The number of rotatable bonds is 10. The molecule has 118 valence electrons. The first-order valence-electron chi connectivity index (χ1n) is 7.41. The number of carboxylic acid groups (broad SMARTS) is 1. The predicted octanol–water partition coefficient (Wildman–Crippen LogP) is 2.44. The fraction of sp³-hybridized carbons (Fsp3) is 0.867. The summed E-state index contributed by atoms with van der Waals surface area (Å²) in [7, 11) is 0. The SMILES string of the molecule is CCC(C)C(NC(=O)CCOC(C)CC(C)C)C(=O)O. The van der Waals surface area contributed by atoms with Crippen molar-refractivity contribution in [3.63, 3.8) is 0 Å². The first kappa shape index (κ1) is 18.9. The number of hydrogen-bond acceptors (Lipinski definition) is 3. The van der Waals surface area contributed by atoms with E-state index in [1.165, 1.54) is 0 Å². The number of ether oxygens (including phenoxy) is 1. The first-order valence-corrected chi connectivity index (χ1v) is 7.41. The molecule has 0 spiro atoms. The summed E-state index contributed by atoms with van der Waals surface area (Å²) in [5, 5.41) is 11.7.